The van der Waals surface area contributed by atoms with Gasteiger partial charge in [-0.15, -0.1) is 0 Å². The molecule has 0 aromatic carbocycles. The van der Waals surface area contributed by atoms with E-state index in [2.05, 4.69) is 15.0 Å². The van der Waals surface area contributed by atoms with Gasteiger partial charge in [-0.25, -0.2) is 4.79 Å². The zero-order valence-electron chi connectivity index (χ0n) is 10.8. The van der Waals surface area contributed by atoms with Crippen LogP contribution in [0.3, 0.4) is 0 Å². The first-order chi connectivity index (χ1) is 8.27. The predicted octanol–water partition coefficient (Wildman–Crippen LogP) is 0.365. The molecule has 6 heteroatoms. The molecule has 0 aliphatic rings. The highest BCUT2D eigenvalue weighted by Gasteiger charge is 2.31. The number of esters is 1. The van der Waals surface area contributed by atoms with E-state index in [9.17, 15) is 14.4 Å². The Morgan fingerprint density at radius 1 is 1.39 bits per heavy atom. The second-order valence-electron chi connectivity index (χ2n) is 4.46. The maximum Gasteiger partial charge on any atom is 0.330 e. The summed E-state index contributed by atoms with van der Waals surface area (Å²) < 4.78 is 4.56. The summed E-state index contributed by atoms with van der Waals surface area (Å²) in [6.07, 6.45) is 1.32. The number of nitrogens with one attached hydrogen (secondary N) is 2. The summed E-state index contributed by atoms with van der Waals surface area (Å²) in [5.74, 6) is -1.20. The summed E-state index contributed by atoms with van der Waals surface area (Å²) in [5.41, 5.74) is -0.978. The highest BCUT2D eigenvalue weighted by atomic mass is 16.5. The van der Waals surface area contributed by atoms with Gasteiger partial charge in [-0.3, -0.25) is 9.59 Å². The van der Waals surface area contributed by atoms with Crippen LogP contribution in [0.25, 0.3) is 0 Å². The average molecular weight is 252 g/mol. The maximum absolute atomic E-state index is 11.9. The summed E-state index contributed by atoms with van der Waals surface area (Å²) in [4.78, 5) is 37.7. The highest BCUT2D eigenvalue weighted by molar-refractivity contribution is 5.97. The fraction of sp³-hybridized carbons (Fsp3) is 0.417. The molecule has 6 nitrogen and oxygen atoms in total. The van der Waals surface area contributed by atoms with E-state index in [1.54, 1.807) is 6.92 Å². The third-order valence-corrected chi connectivity index (χ3v) is 2.42. The summed E-state index contributed by atoms with van der Waals surface area (Å²) in [7, 11) is 1.23. The van der Waals surface area contributed by atoms with Crippen molar-refractivity contribution in [1.29, 1.82) is 0 Å². The van der Waals surface area contributed by atoms with E-state index in [1.165, 1.54) is 33.2 Å². The third kappa shape index (κ3) is 2.97. The van der Waals surface area contributed by atoms with Crippen molar-refractivity contribution in [2.24, 2.45) is 0 Å². The van der Waals surface area contributed by atoms with E-state index in [0.29, 0.717) is 5.69 Å². The molecule has 98 valence electrons. The van der Waals surface area contributed by atoms with Gasteiger partial charge in [-0.1, -0.05) is 0 Å². The van der Waals surface area contributed by atoms with E-state index in [1.807, 2.05) is 0 Å². The lowest BCUT2D eigenvalue weighted by Crippen LogP contribution is -2.51. The molecule has 0 saturated heterocycles. The number of aryl methyl sites for hydroxylation is 1. The van der Waals surface area contributed by atoms with Gasteiger partial charge in [0.15, 0.2) is 5.43 Å². The Morgan fingerprint density at radius 3 is 2.50 bits per heavy atom. The number of pyridine rings is 1. The number of hydrogen-bond acceptors (Lipinski definition) is 4. The van der Waals surface area contributed by atoms with E-state index >= 15 is 0 Å². The molecule has 0 radical (unpaired) electrons. The minimum atomic E-state index is -1.19. The molecule has 18 heavy (non-hydrogen) atoms. The quantitative estimate of drug-likeness (QED) is 0.760. The Balaban J connectivity index is 2.96. The van der Waals surface area contributed by atoms with Crippen molar-refractivity contribution in [1.82, 2.24) is 10.3 Å². The first-order valence-electron chi connectivity index (χ1n) is 5.38. The van der Waals surface area contributed by atoms with Crippen LogP contribution in [0.4, 0.5) is 0 Å². The molecule has 2 N–H and O–H groups in total. The molecule has 0 aliphatic heterocycles. The minimum absolute atomic E-state index is 0.0439. The smallest absolute Gasteiger partial charge is 0.330 e. The molecule has 0 saturated carbocycles. The first kappa shape index (κ1) is 14.0. The Hall–Kier alpha value is -2.11. The van der Waals surface area contributed by atoms with Crippen molar-refractivity contribution < 1.29 is 14.3 Å². The van der Waals surface area contributed by atoms with Crippen LogP contribution in [0.5, 0.6) is 0 Å². The lowest BCUT2D eigenvalue weighted by Gasteiger charge is -2.22. The van der Waals surface area contributed by atoms with Crippen LogP contribution in [-0.2, 0) is 9.53 Å². The summed E-state index contributed by atoms with van der Waals surface area (Å²) in [6, 6.07) is 1.32. The number of carbonyl (C=O) groups is 2. The van der Waals surface area contributed by atoms with Gasteiger partial charge in [-0.2, -0.15) is 0 Å². The van der Waals surface area contributed by atoms with Crippen LogP contribution in [0.15, 0.2) is 17.1 Å². The molecule has 1 rings (SSSR count). The van der Waals surface area contributed by atoms with Crippen LogP contribution >= 0.6 is 0 Å². The summed E-state index contributed by atoms with van der Waals surface area (Å²) in [5, 5.41) is 2.45. The minimum Gasteiger partial charge on any atom is -0.467 e. The Morgan fingerprint density at radius 2 is 2.00 bits per heavy atom. The van der Waals surface area contributed by atoms with Gasteiger partial charge in [0.1, 0.15) is 11.1 Å². The molecular formula is C12H16N2O4. The number of aromatic amines is 1. The number of H-pyrrole nitrogens is 1. The monoisotopic (exact) mass is 252 g/mol. The number of rotatable bonds is 3. The SMILES string of the molecule is COC(=O)C(C)(C)NC(=O)c1c[nH]c(C)cc1=O. The number of ether oxygens (including phenoxy) is 1. The third-order valence-electron chi connectivity index (χ3n) is 2.42. The molecule has 0 unspecified atom stereocenters. The van der Waals surface area contributed by atoms with Crippen LogP contribution in [0, 0.1) is 6.92 Å². The van der Waals surface area contributed by atoms with Crippen molar-refractivity contribution in [3.63, 3.8) is 0 Å². The van der Waals surface area contributed by atoms with Gasteiger partial charge < -0.3 is 15.0 Å². The van der Waals surface area contributed by atoms with Crippen LogP contribution in [0.1, 0.15) is 29.9 Å². The second kappa shape index (κ2) is 5.03. The lowest BCUT2D eigenvalue weighted by atomic mass is 10.1. The number of hydrogen-bond donors (Lipinski definition) is 2. The molecule has 0 aliphatic carbocycles. The number of carbonyl (C=O) groups excluding carboxylic acids is 2. The van der Waals surface area contributed by atoms with E-state index in [4.69, 9.17) is 0 Å². The molecule has 1 aromatic rings. The van der Waals surface area contributed by atoms with Crippen LogP contribution in [-0.4, -0.2) is 29.5 Å². The fourth-order valence-corrected chi connectivity index (χ4v) is 1.41. The van der Waals surface area contributed by atoms with Crippen molar-refractivity contribution in [3.8, 4) is 0 Å². The summed E-state index contributed by atoms with van der Waals surface area (Å²) in [6.45, 7) is 4.71. The molecule has 0 spiro atoms. The van der Waals surface area contributed by atoms with Gasteiger partial charge in [0, 0.05) is 18.0 Å². The van der Waals surface area contributed by atoms with Crippen molar-refractivity contribution in [2.45, 2.75) is 26.3 Å². The molecule has 1 heterocycles. The Labute approximate surface area is 104 Å². The van der Waals surface area contributed by atoms with Crippen molar-refractivity contribution in [2.75, 3.05) is 7.11 Å². The van der Waals surface area contributed by atoms with E-state index in [0.717, 1.165) is 0 Å². The standard InChI is InChI=1S/C12H16N2O4/c1-7-5-9(15)8(6-13-7)10(16)14-12(2,3)11(17)18-4/h5-6H,1-4H3,(H,13,15)(H,14,16). The first-order valence-corrected chi connectivity index (χ1v) is 5.38. The predicted molar refractivity (Wildman–Crippen MR) is 65.4 cm³/mol. The van der Waals surface area contributed by atoms with Gasteiger partial charge in [-0.05, 0) is 20.8 Å². The number of aromatic nitrogens is 1. The average Bonchev–Trinajstić information content (AvgIpc) is 2.26. The van der Waals surface area contributed by atoms with Crippen LogP contribution in [0.2, 0.25) is 0 Å². The van der Waals surface area contributed by atoms with Gasteiger partial charge in [0.2, 0.25) is 0 Å². The van der Waals surface area contributed by atoms with E-state index < -0.39 is 22.8 Å². The number of methoxy groups -OCH3 is 1. The molecule has 1 aromatic heterocycles. The topological polar surface area (TPSA) is 88.3 Å². The molecule has 0 atom stereocenters. The molecule has 0 fully saturated rings. The van der Waals surface area contributed by atoms with Crippen molar-refractivity contribution >= 4 is 11.9 Å². The Kier molecular flexibility index (Phi) is 3.90. The van der Waals surface area contributed by atoms with Gasteiger partial charge >= 0.3 is 5.97 Å². The normalized spacial score (nSPS) is 10.9. The van der Waals surface area contributed by atoms with Crippen LogP contribution < -0.4 is 10.7 Å². The largest absolute Gasteiger partial charge is 0.467 e. The Bertz CT molecular complexity index is 531. The zero-order chi connectivity index (χ0) is 13.9. The maximum atomic E-state index is 11.9. The number of amides is 1. The highest BCUT2D eigenvalue weighted by Crippen LogP contribution is 2.05. The van der Waals surface area contributed by atoms with E-state index in [-0.39, 0.29) is 5.56 Å². The fourth-order valence-electron chi connectivity index (χ4n) is 1.41. The van der Waals surface area contributed by atoms with Gasteiger partial charge in [0.25, 0.3) is 5.91 Å². The second-order valence-corrected chi connectivity index (χ2v) is 4.46. The summed E-state index contributed by atoms with van der Waals surface area (Å²) >= 11 is 0. The molecule has 0 bridgehead atoms. The molecule has 1 amide bonds. The lowest BCUT2D eigenvalue weighted by molar-refractivity contribution is -0.146. The van der Waals surface area contributed by atoms with Crippen molar-refractivity contribution in [3.05, 3.63) is 33.7 Å². The van der Waals surface area contributed by atoms with Gasteiger partial charge in [0.05, 0.1) is 7.11 Å². The zero-order valence-corrected chi connectivity index (χ0v) is 10.8. The molecular weight excluding hydrogens is 236 g/mol.